The maximum Gasteiger partial charge on any atom is 0.412 e. The number of carbonyl (C=O) groups is 4. The molecule has 4 aromatic rings. The van der Waals surface area contributed by atoms with E-state index < -0.39 is 60.6 Å². The maximum atomic E-state index is 15.2. The average Bonchev–Trinajstić information content (AvgIpc) is 3.11. The fraction of sp³-hybridized carbons (Fsp3) is 0.257. The Kier molecular flexibility index (Phi) is 12.5. The van der Waals surface area contributed by atoms with Gasteiger partial charge in [-0.2, -0.15) is 8.78 Å². The zero-order valence-electron chi connectivity index (χ0n) is 27.1. The van der Waals surface area contributed by atoms with Crippen LogP contribution in [0.4, 0.5) is 19.3 Å². The molecule has 4 N–H and O–H groups in total. The van der Waals surface area contributed by atoms with Crippen molar-refractivity contribution in [3.05, 3.63) is 118 Å². The molecule has 13 nitrogen and oxygen atoms in total. The number of rotatable bonds is 14. The largest absolute Gasteiger partial charge is 0.468 e. The van der Waals surface area contributed by atoms with Gasteiger partial charge in [-0.15, -0.1) is 0 Å². The van der Waals surface area contributed by atoms with E-state index >= 15 is 8.78 Å². The highest BCUT2D eigenvalue weighted by Crippen LogP contribution is 2.24. The third kappa shape index (κ3) is 9.79. The van der Waals surface area contributed by atoms with E-state index in [9.17, 15) is 29.1 Å². The number of aromatic nitrogens is 2. The second-order valence-electron chi connectivity index (χ2n) is 11.1. The fourth-order valence-electron chi connectivity index (χ4n) is 4.84. The van der Waals surface area contributed by atoms with Crippen LogP contribution < -0.4 is 21.5 Å². The van der Waals surface area contributed by atoms with E-state index in [0.29, 0.717) is 16.7 Å². The van der Waals surface area contributed by atoms with Crippen LogP contribution in [0.25, 0.3) is 11.4 Å². The lowest BCUT2D eigenvalue weighted by Crippen LogP contribution is -2.59. The second kappa shape index (κ2) is 16.9. The standard InChI is InChI=1S/C35H35F2N5O8/c1-22-10-9-15-25(16-22)31-38-18-27(41-34(48)50-21-24-13-7-4-8-14-24)32(46)42(31)20-28(43)40-26(17-23-11-5-3-6-12-23)30(45)35(36,37)33(47)39-19-29(44)49-2/h3-16,18,26,30,45H,17,19-21H2,1-2H3,(H,39,47)(H,40,43)(H,41,48). The molecule has 3 amide bonds. The lowest BCUT2D eigenvalue weighted by atomic mass is 9.96. The Bertz CT molecular complexity index is 1870. The minimum absolute atomic E-state index is 0.0183. The van der Waals surface area contributed by atoms with Gasteiger partial charge < -0.3 is 25.2 Å². The second-order valence-corrected chi connectivity index (χ2v) is 11.1. The molecule has 0 saturated carbocycles. The van der Waals surface area contributed by atoms with Crippen LogP contribution in [0.15, 0.2) is 95.9 Å². The topological polar surface area (TPSA) is 178 Å². The highest BCUT2D eigenvalue weighted by atomic mass is 19.3. The fourth-order valence-corrected chi connectivity index (χ4v) is 4.84. The molecule has 15 heteroatoms. The Balaban J connectivity index is 1.62. The number of aryl methyl sites for hydroxylation is 1. The van der Waals surface area contributed by atoms with E-state index in [1.165, 1.54) is 0 Å². The highest BCUT2D eigenvalue weighted by molar-refractivity contribution is 5.88. The summed E-state index contributed by atoms with van der Waals surface area (Å²) in [4.78, 5) is 67.9. The molecule has 1 aromatic heterocycles. The molecule has 1 heterocycles. The van der Waals surface area contributed by atoms with Crippen LogP contribution in [0, 0.1) is 6.92 Å². The van der Waals surface area contributed by atoms with Crippen molar-refractivity contribution in [3.63, 3.8) is 0 Å². The average molecular weight is 692 g/mol. The Morgan fingerprint density at radius 1 is 0.960 bits per heavy atom. The smallest absolute Gasteiger partial charge is 0.412 e. The number of amides is 3. The number of aliphatic hydroxyl groups is 1. The minimum atomic E-state index is -4.48. The number of ether oxygens (including phenoxy) is 2. The van der Waals surface area contributed by atoms with Gasteiger partial charge in [-0.3, -0.25) is 29.1 Å². The van der Waals surface area contributed by atoms with Crippen molar-refractivity contribution in [3.8, 4) is 11.4 Å². The summed E-state index contributed by atoms with van der Waals surface area (Å²) in [6, 6.07) is 21.9. The summed E-state index contributed by atoms with van der Waals surface area (Å²) in [6.45, 7) is 0.0416. The summed E-state index contributed by atoms with van der Waals surface area (Å²) in [6.07, 6.45) is -2.98. The zero-order valence-corrected chi connectivity index (χ0v) is 27.1. The first kappa shape index (κ1) is 36.9. The SMILES string of the molecule is COC(=O)CNC(=O)C(F)(F)C(O)C(Cc1ccccc1)NC(=O)Cn1c(-c2cccc(C)c2)ncc(NC(=O)OCc2ccccc2)c1=O. The highest BCUT2D eigenvalue weighted by Gasteiger charge is 2.50. The van der Waals surface area contributed by atoms with E-state index in [-0.39, 0.29) is 24.5 Å². The van der Waals surface area contributed by atoms with E-state index in [4.69, 9.17) is 4.74 Å². The van der Waals surface area contributed by atoms with Crippen LogP contribution in [0.1, 0.15) is 16.7 Å². The molecule has 0 aliphatic rings. The first-order valence-electron chi connectivity index (χ1n) is 15.3. The first-order chi connectivity index (χ1) is 23.9. The Hall–Kier alpha value is -5.96. The molecule has 0 aliphatic carbocycles. The number of carbonyl (C=O) groups excluding carboxylic acids is 4. The molecule has 3 aromatic carbocycles. The number of esters is 1. The summed E-state index contributed by atoms with van der Waals surface area (Å²) in [5.74, 6) is -8.43. The number of anilines is 1. The van der Waals surface area contributed by atoms with Crippen LogP contribution in [0.2, 0.25) is 0 Å². The number of nitrogens with one attached hydrogen (secondary N) is 3. The molecule has 262 valence electrons. The van der Waals surface area contributed by atoms with Crippen LogP contribution >= 0.6 is 0 Å². The minimum Gasteiger partial charge on any atom is -0.468 e. The molecule has 2 atom stereocenters. The van der Waals surface area contributed by atoms with Gasteiger partial charge in [0, 0.05) is 5.56 Å². The van der Waals surface area contributed by atoms with E-state index in [1.54, 1.807) is 97.2 Å². The number of aliphatic hydroxyl groups excluding tert-OH is 1. The molecule has 4 rings (SSSR count). The maximum absolute atomic E-state index is 15.2. The lowest BCUT2D eigenvalue weighted by molar-refractivity contribution is -0.168. The summed E-state index contributed by atoms with van der Waals surface area (Å²) in [5, 5.41) is 17.2. The van der Waals surface area contributed by atoms with E-state index in [2.05, 4.69) is 20.4 Å². The third-order valence-electron chi connectivity index (χ3n) is 7.40. The number of hydrogen-bond acceptors (Lipinski definition) is 9. The van der Waals surface area contributed by atoms with Crippen molar-refractivity contribution in [1.29, 1.82) is 0 Å². The van der Waals surface area contributed by atoms with Crippen LogP contribution in [-0.4, -0.2) is 70.3 Å². The van der Waals surface area contributed by atoms with Gasteiger partial charge in [0.15, 0.2) is 0 Å². The summed E-state index contributed by atoms with van der Waals surface area (Å²) >= 11 is 0. The van der Waals surface area contributed by atoms with Gasteiger partial charge in [0.05, 0.1) is 19.3 Å². The number of benzene rings is 3. The van der Waals surface area contributed by atoms with Gasteiger partial charge in [0.25, 0.3) is 11.5 Å². The molecule has 0 spiro atoms. The molecule has 0 radical (unpaired) electrons. The van der Waals surface area contributed by atoms with Crippen molar-refractivity contribution in [2.45, 2.75) is 44.6 Å². The van der Waals surface area contributed by atoms with Crippen molar-refractivity contribution in [2.24, 2.45) is 0 Å². The van der Waals surface area contributed by atoms with E-state index in [1.807, 2.05) is 0 Å². The van der Waals surface area contributed by atoms with Crippen molar-refractivity contribution < 1.29 is 42.5 Å². The van der Waals surface area contributed by atoms with Gasteiger partial charge in [0.1, 0.15) is 37.3 Å². The Morgan fingerprint density at radius 3 is 2.26 bits per heavy atom. The van der Waals surface area contributed by atoms with Crippen molar-refractivity contribution >= 4 is 29.6 Å². The number of halogens is 2. The van der Waals surface area contributed by atoms with Crippen molar-refractivity contribution in [1.82, 2.24) is 20.2 Å². The van der Waals surface area contributed by atoms with Crippen LogP contribution in [0.5, 0.6) is 0 Å². The van der Waals surface area contributed by atoms with Crippen molar-refractivity contribution in [2.75, 3.05) is 19.0 Å². The number of nitrogens with zero attached hydrogens (tertiary/aromatic N) is 2. The normalized spacial score (nSPS) is 12.3. The van der Waals surface area contributed by atoms with Gasteiger partial charge >= 0.3 is 18.0 Å². The Morgan fingerprint density at radius 2 is 1.62 bits per heavy atom. The van der Waals surface area contributed by atoms with Crippen LogP contribution in [0.3, 0.4) is 0 Å². The molecule has 0 bridgehead atoms. The first-order valence-corrected chi connectivity index (χ1v) is 15.3. The molecule has 0 aliphatic heterocycles. The zero-order chi connectivity index (χ0) is 36.3. The van der Waals surface area contributed by atoms with Crippen LogP contribution in [-0.2, 0) is 43.4 Å². The monoisotopic (exact) mass is 691 g/mol. The van der Waals surface area contributed by atoms with Gasteiger partial charge in [-0.25, -0.2) is 9.78 Å². The molecular weight excluding hydrogens is 656 g/mol. The predicted octanol–water partition coefficient (Wildman–Crippen LogP) is 2.98. The summed E-state index contributed by atoms with van der Waals surface area (Å²) < 4.78 is 41.0. The number of hydrogen-bond donors (Lipinski definition) is 4. The van der Waals surface area contributed by atoms with E-state index in [0.717, 1.165) is 23.4 Å². The lowest BCUT2D eigenvalue weighted by Gasteiger charge is -2.29. The Labute approximate surface area is 285 Å². The third-order valence-corrected chi connectivity index (χ3v) is 7.40. The van der Waals surface area contributed by atoms with Gasteiger partial charge in [-0.1, -0.05) is 84.4 Å². The van der Waals surface area contributed by atoms with Gasteiger partial charge in [-0.05, 0) is 30.5 Å². The molecule has 2 unspecified atom stereocenters. The summed E-state index contributed by atoms with van der Waals surface area (Å²) in [7, 11) is 1.00. The summed E-state index contributed by atoms with van der Waals surface area (Å²) in [5.41, 5.74) is 1.17. The molecular formula is C35H35F2N5O8. The molecule has 0 fully saturated rings. The quantitative estimate of drug-likeness (QED) is 0.145. The molecule has 0 saturated heterocycles. The number of alkyl halides is 2. The predicted molar refractivity (Wildman–Crippen MR) is 177 cm³/mol. The number of methoxy groups -OCH3 is 1. The molecule has 50 heavy (non-hydrogen) atoms. The van der Waals surface area contributed by atoms with Gasteiger partial charge in [0.2, 0.25) is 5.91 Å².